The molecule has 0 aliphatic carbocycles. The van der Waals surface area contributed by atoms with Crippen LogP contribution in [0.3, 0.4) is 0 Å². The molecule has 0 amide bonds. The van der Waals surface area contributed by atoms with Gasteiger partial charge in [-0.15, -0.1) is 3.89 Å². The molecule has 13 heavy (non-hydrogen) atoms. The van der Waals surface area contributed by atoms with Gasteiger partial charge in [0.25, 0.3) is 0 Å². The molecule has 0 radical (unpaired) electrons. The molecule has 1 unspecified atom stereocenters. The molecule has 1 aromatic rings. The minimum absolute atomic E-state index is 0.113. The summed E-state index contributed by atoms with van der Waals surface area (Å²) in [6, 6.07) is 4.88. The van der Waals surface area contributed by atoms with Gasteiger partial charge in [0.2, 0.25) is 0 Å². The number of benzene rings is 1. The Morgan fingerprint density at radius 3 is 2.46 bits per heavy atom. The van der Waals surface area contributed by atoms with E-state index in [1.807, 2.05) is 0 Å². The fourth-order valence-electron chi connectivity index (χ4n) is 0.922. The van der Waals surface area contributed by atoms with E-state index in [-0.39, 0.29) is 5.56 Å². The molecule has 72 valence electrons. The first-order valence-corrected chi connectivity index (χ1v) is 5.05. The molecule has 0 saturated heterocycles. The van der Waals surface area contributed by atoms with Gasteiger partial charge in [0.05, 0.1) is 0 Å². The van der Waals surface area contributed by atoms with Crippen molar-refractivity contribution < 1.29 is 16.7 Å². The lowest BCUT2D eigenvalue weighted by Gasteiger charge is -2.05. The molecule has 0 aliphatic rings. The maximum Gasteiger partial charge on any atom is 0.309 e. The fourth-order valence-corrected chi connectivity index (χ4v) is 1.39. The van der Waals surface area contributed by atoms with Gasteiger partial charge in [0.15, 0.2) is 0 Å². The summed E-state index contributed by atoms with van der Waals surface area (Å²) in [4.78, 5) is 0. The van der Waals surface area contributed by atoms with Crippen LogP contribution in [0.5, 0.6) is 0 Å². The van der Waals surface area contributed by atoms with Gasteiger partial charge in [0, 0.05) is 0 Å². The average molecular weight is 206 g/mol. The molecule has 0 aliphatic heterocycles. The Morgan fingerprint density at radius 2 is 2.00 bits per heavy atom. The van der Waals surface area contributed by atoms with Crippen molar-refractivity contribution in [2.45, 2.75) is 12.2 Å². The lowest BCUT2D eigenvalue weighted by Crippen LogP contribution is -2.03. The second-order valence-corrected chi connectivity index (χ2v) is 4.33. The highest BCUT2D eigenvalue weighted by molar-refractivity contribution is 7.86. The van der Waals surface area contributed by atoms with Crippen LogP contribution in [0.4, 0.5) is 8.28 Å². The molecular weight excluding hydrogens is 198 g/mol. The summed E-state index contributed by atoms with van der Waals surface area (Å²) < 4.78 is 46.0. The number of halogens is 2. The van der Waals surface area contributed by atoms with Crippen LogP contribution in [0.1, 0.15) is 17.7 Å². The molecule has 1 atom stereocenters. The Bertz CT molecular complexity index is 400. The molecule has 0 heterocycles. The van der Waals surface area contributed by atoms with Gasteiger partial charge in [-0.25, -0.2) is 4.39 Å². The monoisotopic (exact) mass is 206 g/mol. The van der Waals surface area contributed by atoms with Crippen molar-refractivity contribution in [2.75, 3.05) is 0 Å². The fraction of sp³-hybridized carbons (Fsp3) is 0.250. The highest BCUT2D eigenvalue weighted by Crippen LogP contribution is 2.23. The first-order chi connectivity index (χ1) is 5.91. The topological polar surface area (TPSA) is 34.1 Å². The molecule has 0 aromatic heterocycles. The van der Waals surface area contributed by atoms with E-state index in [2.05, 4.69) is 0 Å². The molecule has 0 N–H and O–H groups in total. The summed E-state index contributed by atoms with van der Waals surface area (Å²) >= 11 is 0. The van der Waals surface area contributed by atoms with Gasteiger partial charge in [-0.1, -0.05) is 12.1 Å². The molecule has 1 rings (SSSR count). The van der Waals surface area contributed by atoms with Crippen molar-refractivity contribution in [2.24, 2.45) is 0 Å². The Kier molecular flexibility index (Phi) is 2.66. The van der Waals surface area contributed by atoms with Crippen LogP contribution in [0.2, 0.25) is 0 Å². The van der Waals surface area contributed by atoms with Gasteiger partial charge in [-0.05, 0) is 24.6 Å². The molecule has 0 fully saturated rings. The van der Waals surface area contributed by atoms with E-state index >= 15 is 0 Å². The third-order valence-electron chi connectivity index (χ3n) is 1.74. The molecule has 1 aromatic carbocycles. The minimum atomic E-state index is -4.64. The summed E-state index contributed by atoms with van der Waals surface area (Å²) in [6.07, 6.45) is 0. The summed E-state index contributed by atoms with van der Waals surface area (Å²) in [7, 11) is -4.64. The number of hydrogen-bond donors (Lipinski definition) is 0. The molecular formula is C8H8F2O2S. The maximum atomic E-state index is 12.6. The van der Waals surface area contributed by atoms with Crippen LogP contribution in [0.25, 0.3) is 0 Å². The SMILES string of the molecule is CC(c1cccc(F)c1)S(=O)(=O)F. The predicted molar refractivity (Wildman–Crippen MR) is 44.8 cm³/mol. The molecule has 0 bridgehead atoms. The summed E-state index contributed by atoms with van der Waals surface area (Å²) in [5.41, 5.74) is 0.113. The first kappa shape index (κ1) is 10.1. The molecule has 0 spiro atoms. The van der Waals surface area contributed by atoms with Gasteiger partial charge in [0.1, 0.15) is 11.1 Å². The second kappa shape index (κ2) is 3.41. The predicted octanol–water partition coefficient (Wildman–Crippen LogP) is 2.19. The third-order valence-corrected chi connectivity index (χ3v) is 2.86. The Balaban J connectivity index is 3.10. The summed E-state index contributed by atoms with van der Waals surface area (Å²) in [6.45, 7) is 1.17. The summed E-state index contributed by atoms with van der Waals surface area (Å²) in [5.74, 6) is -0.576. The smallest absolute Gasteiger partial charge is 0.207 e. The number of rotatable bonds is 2. The average Bonchev–Trinajstić information content (AvgIpc) is 2.01. The lowest BCUT2D eigenvalue weighted by atomic mass is 10.2. The van der Waals surface area contributed by atoms with Gasteiger partial charge >= 0.3 is 10.2 Å². The highest BCUT2D eigenvalue weighted by Gasteiger charge is 2.21. The van der Waals surface area contributed by atoms with Crippen LogP contribution in [-0.2, 0) is 10.2 Å². The van der Waals surface area contributed by atoms with Gasteiger partial charge < -0.3 is 0 Å². The van der Waals surface area contributed by atoms with Crippen molar-refractivity contribution in [3.8, 4) is 0 Å². The number of hydrogen-bond acceptors (Lipinski definition) is 2. The van der Waals surface area contributed by atoms with Crippen LogP contribution in [0.15, 0.2) is 24.3 Å². The zero-order valence-electron chi connectivity index (χ0n) is 6.87. The minimum Gasteiger partial charge on any atom is -0.207 e. The zero-order chi connectivity index (χ0) is 10.1. The van der Waals surface area contributed by atoms with Crippen molar-refractivity contribution in [1.29, 1.82) is 0 Å². The first-order valence-electron chi connectivity index (χ1n) is 3.60. The quantitative estimate of drug-likeness (QED) is 0.695. The Hall–Kier alpha value is -0.970. The normalized spacial score (nSPS) is 14.1. The van der Waals surface area contributed by atoms with Crippen molar-refractivity contribution >= 4 is 10.2 Å². The van der Waals surface area contributed by atoms with E-state index in [0.29, 0.717) is 0 Å². The van der Waals surface area contributed by atoms with Crippen molar-refractivity contribution in [3.63, 3.8) is 0 Å². The van der Waals surface area contributed by atoms with Crippen LogP contribution < -0.4 is 0 Å². The molecule has 5 heteroatoms. The van der Waals surface area contributed by atoms with E-state index in [1.165, 1.54) is 25.1 Å². The molecule has 0 saturated carbocycles. The standard InChI is InChI=1S/C8H8F2O2S/c1-6(13(10,11)12)7-3-2-4-8(9)5-7/h2-6H,1H3. The van der Waals surface area contributed by atoms with Crippen LogP contribution >= 0.6 is 0 Å². The molecule has 2 nitrogen and oxygen atoms in total. The highest BCUT2D eigenvalue weighted by atomic mass is 32.3. The Labute approximate surface area is 75.4 Å². The van der Waals surface area contributed by atoms with E-state index in [0.717, 1.165) is 6.07 Å². The van der Waals surface area contributed by atoms with Crippen LogP contribution in [0, 0.1) is 5.82 Å². The van der Waals surface area contributed by atoms with Crippen molar-refractivity contribution in [1.82, 2.24) is 0 Å². The van der Waals surface area contributed by atoms with Gasteiger partial charge in [-0.3, -0.25) is 0 Å². The zero-order valence-corrected chi connectivity index (χ0v) is 7.68. The van der Waals surface area contributed by atoms with Crippen LogP contribution in [-0.4, -0.2) is 8.42 Å². The lowest BCUT2D eigenvalue weighted by molar-refractivity contribution is 0.540. The van der Waals surface area contributed by atoms with E-state index < -0.39 is 21.3 Å². The summed E-state index contributed by atoms with van der Waals surface area (Å²) in [5, 5.41) is -1.32. The van der Waals surface area contributed by atoms with E-state index in [9.17, 15) is 16.7 Å². The largest absolute Gasteiger partial charge is 0.309 e. The van der Waals surface area contributed by atoms with E-state index in [1.54, 1.807) is 0 Å². The third kappa shape index (κ3) is 2.48. The Morgan fingerprint density at radius 1 is 1.38 bits per heavy atom. The van der Waals surface area contributed by atoms with Crippen molar-refractivity contribution in [3.05, 3.63) is 35.6 Å². The van der Waals surface area contributed by atoms with Gasteiger partial charge in [-0.2, -0.15) is 8.42 Å². The maximum absolute atomic E-state index is 12.6. The van der Waals surface area contributed by atoms with E-state index in [4.69, 9.17) is 0 Å². The second-order valence-electron chi connectivity index (χ2n) is 2.67.